The number of carbonyl (C=O) groups excluding carboxylic acids is 1. The van der Waals surface area contributed by atoms with Crippen LogP contribution < -0.4 is 15.6 Å². The van der Waals surface area contributed by atoms with E-state index in [9.17, 15) is 4.79 Å². The zero-order valence-electron chi connectivity index (χ0n) is 11.4. The highest BCUT2D eigenvalue weighted by molar-refractivity contribution is 5.77. The zero-order valence-corrected chi connectivity index (χ0v) is 11.4. The minimum atomic E-state index is -0.0373. The molecule has 2 aromatic rings. The maximum Gasteiger partial charge on any atom is 0.238 e. The topological polar surface area (TPSA) is 50.4 Å². The molecule has 2 N–H and O–H groups in total. The van der Waals surface area contributed by atoms with Crippen LogP contribution in [0.2, 0.25) is 0 Å². The van der Waals surface area contributed by atoms with Gasteiger partial charge in [0.1, 0.15) is 5.75 Å². The monoisotopic (exact) mass is 270 g/mol. The summed E-state index contributed by atoms with van der Waals surface area (Å²) in [6, 6.07) is 17.3. The molecule has 0 aliphatic heterocycles. The maximum atomic E-state index is 11.7. The van der Waals surface area contributed by atoms with E-state index >= 15 is 0 Å². The molecule has 1 amide bonds. The SMILES string of the molecule is COc1ccc(CCC(=O)NNc2ccccc2)cc1. The van der Waals surface area contributed by atoms with E-state index in [4.69, 9.17) is 4.74 Å². The molecule has 0 aromatic heterocycles. The van der Waals surface area contributed by atoms with Crippen molar-refractivity contribution >= 4 is 11.6 Å². The molecule has 0 aliphatic carbocycles. The van der Waals surface area contributed by atoms with E-state index in [1.807, 2.05) is 54.6 Å². The van der Waals surface area contributed by atoms with Crippen LogP contribution in [0.25, 0.3) is 0 Å². The number of ether oxygens (including phenoxy) is 1. The summed E-state index contributed by atoms with van der Waals surface area (Å²) in [4.78, 5) is 11.7. The van der Waals surface area contributed by atoms with Gasteiger partial charge in [-0.3, -0.25) is 15.6 Å². The summed E-state index contributed by atoms with van der Waals surface area (Å²) in [5.41, 5.74) is 7.54. The molecule has 0 spiro atoms. The van der Waals surface area contributed by atoms with Gasteiger partial charge in [0.15, 0.2) is 0 Å². The number of aryl methyl sites for hydroxylation is 1. The highest BCUT2D eigenvalue weighted by Crippen LogP contribution is 2.12. The van der Waals surface area contributed by atoms with Gasteiger partial charge in [-0.25, -0.2) is 0 Å². The standard InChI is InChI=1S/C16H18N2O2/c1-20-15-10-7-13(8-11-15)9-12-16(19)18-17-14-5-3-2-4-6-14/h2-8,10-11,17H,9,12H2,1H3,(H,18,19). The summed E-state index contributed by atoms with van der Waals surface area (Å²) in [6.45, 7) is 0. The van der Waals surface area contributed by atoms with Crippen molar-refractivity contribution < 1.29 is 9.53 Å². The van der Waals surface area contributed by atoms with E-state index in [0.29, 0.717) is 12.8 Å². The second kappa shape index (κ2) is 7.19. The number of para-hydroxylation sites is 1. The van der Waals surface area contributed by atoms with Crippen molar-refractivity contribution in [3.05, 3.63) is 60.2 Å². The molecule has 0 fully saturated rings. The fourth-order valence-electron chi connectivity index (χ4n) is 1.78. The molecule has 0 atom stereocenters. The number of rotatable bonds is 6. The van der Waals surface area contributed by atoms with Crippen molar-refractivity contribution in [3.8, 4) is 5.75 Å². The third-order valence-electron chi connectivity index (χ3n) is 2.92. The van der Waals surface area contributed by atoms with Crippen LogP contribution in [0.5, 0.6) is 5.75 Å². The number of hydrogen-bond donors (Lipinski definition) is 2. The average Bonchev–Trinajstić information content (AvgIpc) is 2.52. The molecular formula is C16H18N2O2. The molecule has 0 aliphatic rings. The number of carbonyl (C=O) groups is 1. The predicted molar refractivity (Wildman–Crippen MR) is 79.5 cm³/mol. The van der Waals surface area contributed by atoms with E-state index in [-0.39, 0.29) is 5.91 Å². The minimum absolute atomic E-state index is 0.0373. The quantitative estimate of drug-likeness (QED) is 0.794. The largest absolute Gasteiger partial charge is 0.497 e. The number of hydrazine groups is 1. The Balaban J connectivity index is 1.74. The molecule has 20 heavy (non-hydrogen) atoms. The van der Waals surface area contributed by atoms with E-state index in [2.05, 4.69) is 10.9 Å². The van der Waals surface area contributed by atoms with Crippen LogP contribution in [0, 0.1) is 0 Å². The van der Waals surface area contributed by atoms with Crippen molar-refractivity contribution in [2.75, 3.05) is 12.5 Å². The fourth-order valence-corrected chi connectivity index (χ4v) is 1.78. The number of benzene rings is 2. The number of methoxy groups -OCH3 is 1. The number of nitrogens with one attached hydrogen (secondary N) is 2. The van der Waals surface area contributed by atoms with Gasteiger partial charge in [0.2, 0.25) is 5.91 Å². The molecule has 2 aromatic carbocycles. The van der Waals surface area contributed by atoms with Gasteiger partial charge in [0.05, 0.1) is 12.8 Å². The van der Waals surface area contributed by atoms with E-state index < -0.39 is 0 Å². The Hall–Kier alpha value is -2.49. The van der Waals surface area contributed by atoms with Gasteiger partial charge in [0.25, 0.3) is 0 Å². The minimum Gasteiger partial charge on any atom is -0.497 e. The van der Waals surface area contributed by atoms with Gasteiger partial charge >= 0.3 is 0 Å². The molecule has 4 heteroatoms. The molecule has 104 valence electrons. The number of anilines is 1. The molecule has 0 saturated heterocycles. The third kappa shape index (κ3) is 4.31. The van der Waals surface area contributed by atoms with Crippen molar-refractivity contribution in [2.45, 2.75) is 12.8 Å². The maximum absolute atomic E-state index is 11.7. The lowest BCUT2D eigenvalue weighted by Gasteiger charge is -2.08. The summed E-state index contributed by atoms with van der Waals surface area (Å²) in [5.74, 6) is 0.786. The predicted octanol–water partition coefficient (Wildman–Crippen LogP) is 2.77. The molecule has 0 unspecified atom stereocenters. The van der Waals surface area contributed by atoms with Gasteiger partial charge in [-0.2, -0.15) is 0 Å². The lowest BCUT2D eigenvalue weighted by molar-refractivity contribution is -0.120. The Kier molecular flexibility index (Phi) is 5.00. The average molecular weight is 270 g/mol. The van der Waals surface area contributed by atoms with Crippen LogP contribution >= 0.6 is 0 Å². The molecule has 2 rings (SSSR count). The van der Waals surface area contributed by atoms with Crippen molar-refractivity contribution in [1.82, 2.24) is 5.43 Å². The summed E-state index contributed by atoms with van der Waals surface area (Å²) < 4.78 is 5.09. The highest BCUT2D eigenvalue weighted by Gasteiger charge is 2.02. The molecule has 0 radical (unpaired) electrons. The van der Waals surface area contributed by atoms with Crippen LogP contribution in [0.15, 0.2) is 54.6 Å². The van der Waals surface area contributed by atoms with Crippen LogP contribution in [-0.4, -0.2) is 13.0 Å². The Morgan fingerprint density at radius 2 is 1.75 bits per heavy atom. The summed E-state index contributed by atoms with van der Waals surface area (Å²) in [5, 5.41) is 0. The smallest absolute Gasteiger partial charge is 0.238 e. The van der Waals surface area contributed by atoms with E-state index in [0.717, 1.165) is 17.0 Å². The zero-order chi connectivity index (χ0) is 14.2. The normalized spacial score (nSPS) is 9.85. The lowest BCUT2D eigenvalue weighted by Crippen LogP contribution is -2.29. The molecule has 4 nitrogen and oxygen atoms in total. The van der Waals surface area contributed by atoms with Crippen LogP contribution in [0.3, 0.4) is 0 Å². The van der Waals surface area contributed by atoms with Crippen molar-refractivity contribution in [2.24, 2.45) is 0 Å². The van der Waals surface area contributed by atoms with Crippen molar-refractivity contribution in [1.29, 1.82) is 0 Å². The second-order valence-electron chi connectivity index (χ2n) is 4.39. The van der Waals surface area contributed by atoms with Gasteiger partial charge in [-0.15, -0.1) is 0 Å². The van der Waals surface area contributed by atoms with E-state index in [1.54, 1.807) is 7.11 Å². The van der Waals surface area contributed by atoms with Crippen LogP contribution in [-0.2, 0) is 11.2 Å². The Bertz CT molecular complexity index is 538. The molecule has 0 heterocycles. The summed E-state index contributed by atoms with van der Waals surface area (Å²) >= 11 is 0. The van der Waals surface area contributed by atoms with Crippen LogP contribution in [0.4, 0.5) is 5.69 Å². The number of hydrogen-bond acceptors (Lipinski definition) is 3. The summed E-state index contributed by atoms with van der Waals surface area (Å²) in [6.07, 6.45) is 1.14. The first-order valence-electron chi connectivity index (χ1n) is 6.51. The summed E-state index contributed by atoms with van der Waals surface area (Å²) in [7, 11) is 1.64. The van der Waals surface area contributed by atoms with Crippen LogP contribution in [0.1, 0.15) is 12.0 Å². The molecular weight excluding hydrogens is 252 g/mol. The third-order valence-corrected chi connectivity index (χ3v) is 2.92. The Labute approximate surface area is 118 Å². The molecule has 0 bridgehead atoms. The Morgan fingerprint density at radius 1 is 1.05 bits per heavy atom. The van der Waals surface area contributed by atoms with E-state index in [1.165, 1.54) is 0 Å². The first kappa shape index (κ1) is 13.9. The first-order chi connectivity index (χ1) is 9.78. The van der Waals surface area contributed by atoms with Gasteiger partial charge < -0.3 is 4.74 Å². The van der Waals surface area contributed by atoms with Gasteiger partial charge in [-0.1, -0.05) is 30.3 Å². The first-order valence-corrected chi connectivity index (χ1v) is 6.51. The lowest BCUT2D eigenvalue weighted by atomic mass is 10.1. The highest BCUT2D eigenvalue weighted by atomic mass is 16.5. The van der Waals surface area contributed by atoms with Gasteiger partial charge in [0, 0.05) is 6.42 Å². The molecule has 0 saturated carbocycles. The fraction of sp³-hybridized carbons (Fsp3) is 0.188. The Morgan fingerprint density at radius 3 is 2.40 bits per heavy atom. The van der Waals surface area contributed by atoms with Crippen molar-refractivity contribution in [3.63, 3.8) is 0 Å². The van der Waals surface area contributed by atoms with Gasteiger partial charge in [-0.05, 0) is 36.2 Å². The second-order valence-corrected chi connectivity index (χ2v) is 4.39. The number of amides is 1.